The highest BCUT2D eigenvalue weighted by Gasteiger charge is 2.08. The number of hydrogen-bond acceptors (Lipinski definition) is 4. The molecule has 1 aromatic rings. The van der Waals surface area contributed by atoms with Crippen molar-refractivity contribution in [2.45, 2.75) is 13.5 Å². The molecule has 2 N–H and O–H groups in total. The van der Waals surface area contributed by atoms with Crippen LogP contribution in [0.15, 0.2) is 6.20 Å². The van der Waals surface area contributed by atoms with Gasteiger partial charge < -0.3 is 10.2 Å². The van der Waals surface area contributed by atoms with E-state index in [-0.39, 0.29) is 18.5 Å². The lowest BCUT2D eigenvalue weighted by atomic mass is 10.6. The molecule has 0 bridgehead atoms. The van der Waals surface area contributed by atoms with Crippen molar-refractivity contribution in [2.24, 2.45) is 0 Å². The Labute approximate surface area is 99.0 Å². The quantitative estimate of drug-likeness (QED) is 0.742. The molecule has 1 heterocycles. The van der Waals surface area contributed by atoms with Crippen molar-refractivity contribution in [3.63, 3.8) is 0 Å². The van der Waals surface area contributed by atoms with Crippen molar-refractivity contribution in [1.29, 1.82) is 0 Å². The van der Waals surface area contributed by atoms with Crippen LogP contribution >= 0.6 is 0 Å². The molecule has 0 radical (unpaired) electrons. The first-order valence-corrected chi connectivity index (χ1v) is 5.18. The van der Waals surface area contributed by atoms with Gasteiger partial charge in [-0.3, -0.25) is 10.1 Å². The summed E-state index contributed by atoms with van der Waals surface area (Å²) in [6, 6.07) is -0.296. The number of urea groups is 1. The lowest BCUT2D eigenvalue weighted by Crippen LogP contribution is -2.29. The Kier molecular flexibility index (Phi) is 4.44. The smallest absolute Gasteiger partial charge is 0.322 e. The normalized spacial score (nSPS) is 9.82. The summed E-state index contributed by atoms with van der Waals surface area (Å²) >= 11 is 0. The third-order valence-corrected chi connectivity index (χ3v) is 1.84. The Morgan fingerprint density at radius 2 is 2.18 bits per heavy atom. The van der Waals surface area contributed by atoms with Gasteiger partial charge >= 0.3 is 6.03 Å². The zero-order chi connectivity index (χ0) is 12.8. The Hall–Kier alpha value is -2.12. The van der Waals surface area contributed by atoms with Crippen LogP contribution in [0.4, 0.5) is 10.6 Å². The van der Waals surface area contributed by atoms with Gasteiger partial charge in [0.2, 0.25) is 5.91 Å². The Morgan fingerprint density at radius 1 is 1.47 bits per heavy atom. The summed E-state index contributed by atoms with van der Waals surface area (Å²) in [4.78, 5) is 25.1. The van der Waals surface area contributed by atoms with E-state index < -0.39 is 0 Å². The van der Waals surface area contributed by atoms with Crippen LogP contribution in [-0.2, 0) is 11.3 Å². The molecule has 0 aliphatic heterocycles. The van der Waals surface area contributed by atoms with Gasteiger partial charge in [-0.15, -0.1) is 5.10 Å². The number of likely N-dealkylation sites (N-methyl/N-ethyl adjacent to an activating group) is 1. The summed E-state index contributed by atoms with van der Waals surface area (Å²) in [5.41, 5.74) is 0. The van der Waals surface area contributed by atoms with Gasteiger partial charge in [0.1, 0.15) is 6.54 Å². The largest absolute Gasteiger partial charge is 0.355 e. The number of amides is 3. The number of aromatic nitrogens is 3. The molecule has 0 unspecified atom stereocenters. The van der Waals surface area contributed by atoms with Gasteiger partial charge in [-0.05, 0) is 6.92 Å². The molecule has 94 valence electrons. The van der Waals surface area contributed by atoms with Gasteiger partial charge in [0.15, 0.2) is 5.82 Å². The van der Waals surface area contributed by atoms with E-state index in [0.29, 0.717) is 12.4 Å². The Balaban J connectivity index is 2.53. The standard InChI is InChI=1S/C9H16N6O2/c1-4-10-8(16)6-15-11-5-7(13-15)12-9(17)14(2)3/h5H,4,6H2,1-3H3,(H,10,16)(H,12,13,17). The molecule has 8 nitrogen and oxygen atoms in total. The molecule has 3 amide bonds. The van der Waals surface area contributed by atoms with Gasteiger partial charge in [-0.1, -0.05) is 0 Å². The first-order valence-electron chi connectivity index (χ1n) is 5.18. The van der Waals surface area contributed by atoms with Crippen molar-refractivity contribution >= 4 is 17.8 Å². The van der Waals surface area contributed by atoms with Crippen LogP contribution in [0.3, 0.4) is 0 Å². The van der Waals surface area contributed by atoms with E-state index in [1.54, 1.807) is 14.1 Å². The van der Waals surface area contributed by atoms with E-state index >= 15 is 0 Å². The molecule has 0 aromatic carbocycles. The third-order valence-electron chi connectivity index (χ3n) is 1.84. The Morgan fingerprint density at radius 3 is 2.76 bits per heavy atom. The average Bonchev–Trinajstić information content (AvgIpc) is 2.65. The Bertz CT molecular complexity index is 400. The molecule has 1 rings (SSSR count). The van der Waals surface area contributed by atoms with Crippen LogP contribution in [0, 0.1) is 0 Å². The van der Waals surface area contributed by atoms with E-state index in [1.807, 2.05) is 6.92 Å². The lowest BCUT2D eigenvalue weighted by molar-refractivity contribution is -0.121. The summed E-state index contributed by atoms with van der Waals surface area (Å²) in [6.07, 6.45) is 1.39. The van der Waals surface area contributed by atoms with Crippen molar-refractivity contribution < 1.29 is 9.59 Å². The SMILES string of the molecule is CCNC(=O)Cn1ncc(NC(=O)N(C)C)n1. The second kappa shape index (κ2) is 5.83. The van der Waals surface area contributed by atoms with Gasteiger partial charge in [0.05, 0.1) is 6.20 Å². The fraction of sp³-hybridized carbons (Fsp3) is 0.556. The van der Waals surface area contributed by atoms with Crippen molar-refractivity contribution in [3.8, 4) is 0 Å². The highest BCUT2D eigenvalue weighted by molar-refractivity contribution is 5.87. The topological polar surface area (TPSA) is 92.2 Å². The maximum Gasteiger partial charge on any atom is 0.322 e. The maximum atomic E-state index is 11.3. The maximum absolute atomic E-state index is 11.3. The number of carbonyl (C=O) groups is 2. The van der Waals surface area contributed by atoms with E-state index in [1.165, 1.54) is 15.9 Å². The molecule has 0 fully saturated rings. The zero-order valence-corrected chi connectivity index (χ0v) is 10.1. The van der Waals surface area contributed by atoms with Crippen molar-refractivity contribution in [3.05, 3.63) is 6.20 Å². The summed E-state index contributed by atoms with van der Waals surface area (Å²) in [5, 5.41) is 13.0. The number of anilines is 1. The minimum atomic E-state index is -0.296. The van der Waals surface area contributed by atoms with Crippen LogP contribution in [0.5, 0.6) is 0 Å². The first-order chi connectivity index (χ1) is 8.02. The van der Waals surface area contributed by atoms with E-state index in [4.69, 9.17) is 0 Å². The van der Waals surface area contributed by atoms with Crippen LogP contribution < -0.4 is 10.6 Å². The predicted molar refractivity (Wildman–Crippen MR) is 61.4 cm³/mol. The molecule has 0 aliphatic carbocycles. The van der Waals surface area contributed by atoms with Crippen LogP contribution in [0.1, 0.15) is 6.92 Å². The first kappa shape index (κ1) is 12.9. The van der Waals surface area contributed by atoms with Gasteiger partial charge in [-0.2, -0.15) is 9.90 Å². The van der Waals surface area contributed by atoms with Crippen molar-refractivity contribution in [1.82, 2.24) is 25.2 Å². The van der Waals surface area contributed by atoms with Gasteiger partial charge in [0, 0.05) is 20.6 Å². The molecule has 0 aliphatic rings. The molecule has 8 heteroatoms. The monoisotopic (exact) mass is 240 g/mol. The van der Waals surface area contributed by atoms with Crippen LogP contribution in [-0.4, -0.2) is 52.5 Å². The predicted octanol–water partition coefficient (Wildman–Crippen LogP) is -0.492. The summed E-state index contributed by atoms with van der Waals surface area (Å²) < 4.78 is 0. The summed E-state index contributed by atoms with van der Waals surface area (Å²) in [7, 11) is 3.24. The second-order valence-corrected chi connectivity index (χ2v) is 3.54. The second-order valence-electron chi connectivity index (χ2n) is 3.54. The van der Waals surface area contributed by atoms with E-state index in [2.05, 4.69) is 20.8 Å². The van der Waals surface area contributed by atoms with E-state index in [9.17, 15) is 9.59 Å². The van der Waals surface area contributed by atoms with Gasteiger partial charge in [0.25, 0.3) is 0 Å². The number of carbonyl (C=O) groups excluding carboxylic acids is 2. The summed E-state index contributed by atoms with van der Waals surface area (Å²) in [6.45, 7) is 2.42. The van der Waals surface area contributed by atoms with Crippen LogP contribution in [0.25, 0.3) is 0 Å². The molecule has 0 atom stereocenters. The minimum Gasteiger partial charge on any atom is -0.355 e. The zero-order valence-electron chi connectivity index (χ0n) is 10.1. The molecule has 17 heavy (non-hydrogen) atoms. The van der Waals surface area contributed by atoms with Gasteiger partial charge in [-0.25, -0.2) is 4.79 Å². The highest BCUT2D eigenvalue weighted by Crippen LogP contribution is 1.99. The highest BCUT2D eigenvalue weighted by atomic mass is 16.2. The average molecular weight is 240 g/mol. The number of nitrogens with one attached hydrogen (secondary N) is 2. The third kappa shape index (κ3) is 4.09. The molecular weight excluding hydrogens is 224 g/mol. The minimum absolute atomic E-state index is 0.0334. The molecular formula is C9H16N6O2. The number of rotatable bonds is 4. The van der Waals surface area contributed by atoms with E-state index in [0.717, 1.165) is 0 Å². The fourth-order valence-electron chi connectivity index (χ4n) is 1.03. The fourth-order valence-corrected chi connectivity index (χ4v) is 1.03. The molecule has 0 saturated carbocycles. The van der Waals surface area contributed by atoms with Crippen molar-refractivity contribution in [2.75, 3.05) is 26.0 Å². The number of nitrogens with zero attached hydrogens (tertiary/aromatic N) is 4. The molecule has 1 aromatic heterocycles. The molecule has 0 spiro atoms. The van der Waals surface area contributed by atoms with Crippen LogP contribution in [0.2, 0.25) is 0 Å². The lowest BCUT2D eigenvalue weighted by Gasteiger charge is -2.09. The summed E-state index contributed by atoms with van der Waals surface area (Å²) in [5.74, 6) is 0.140. The number of hydrogen-bond donors (Lipinski definition) is 2. The molecule has 0 saturated heterocycles.